The number of nitrogens with zero attached hydrogens (tertiary/aromatic N) is 3. The predicted molar refractivity (Wildman–Crippen MR) is 133 cm³/mol. The van der Waals surface area contributed by atoms with Crippen molar-refractivity contribution in [1.82, 2.24) is 20.1 Å². The number of allylic oxidation sites excluding steroid dienone is 1. The highest BCUT2D eigenvalue weighted by molar-refractivity contribution is 9.10. The minimum Gasteiger partial charge on any atom is -0.465 e. The number of carbonyl (C=O) groups excluding carboxylic acids is 3. The van der Waals surface area contributed by atoms with E-state index in [1.807, 2.05) is 6.07 Å². The summed E-state index contributed by atoms with van der Waals surface area (Å²) in [6, 6.07) is 13.6. The first-order valence-corrected chi connectivity index (χ1v) is 11.9. The lowest BCUT2D eigenvalue weighted by molar-refractivity contribution is -0.113. The summed E-state index contributed by atoms with van der Waals surface area (Å²) in [4.78, 5) is 36.6. The number of hydrogen-bond donors (Lipinski definition) is 2. The second-order valence-corrected chi connectivity index (χ2v) is 8.67. The van der Waals surface area contributed by atoms with Crippen LogP contribution in [0.4, 0.5) is 5.69 Å². The van der Waals surface area contributed by atoms with Gasteiger partial charge in [0.2, 0.25) is 5.91 Å². The minimum absolute atomic E-state index is 0.0705. The van der Waals surface area contributed by atoms with Gasteiger partial charge >= 0.3 is 5.97 Å². The molecule has 9 nitrogen and oxygen atoms in total. The van der Waals surface area contributed by atoms with Crippen LogP contribution in [-0.2, 0) is 22.6 Å². The molecule has 0 aliphatic heterocycles. The van der Waals surface area contributed by atoms with Gasteiger partial charge in [-0.2, -0.15) is 0 Å². The summed E-state index contributed by atoms with van der Waals surface area (Å²) in [6.45, 7) is 4.33. The third-order valence-electron chi connectivity index (χ3n) is 4.53. The standard InChI is InChI=1S/C23H22BrN5O4S/c1-3-11-29-19(13-25-21(31)17-9-4-5-10-18(17)24)27-28-23(29)34-14-20(30)26-16-8-6-7-15(12-16)22(32)33-2/h3-10,12H,1,11,13-14H2,2H3,(H,25,31)(H,26,30). The van der Waals surface area contributed by atoms with Gasteiger partial charge in [0.25, 0.3) is 5.91 Å². The molecule has 1 heterocycles. The monoisotopic (exact) mass is 543 g/mol. The van der Waals surface area contributed by atoms with Crippen LogP contribution in [0.3, 0.4) is 0 Å². The van der Waals surface area contributed by atoms with Crippen LogP contribution in [0.25, 0.3) is 0 Å². The van der Waals surface area contributed by atoms with Gasteiger partial charge in [0, 0.05) is 16.7 Å². The molecular weight excluding hydrogens is 522 g/mol. The van der Waals surface area contributed by atoms with E-state index in [9.17, 15) is 14.4 Å². The average molecular weight is 544 g/mol. The lowest BCUT2D eigenvalue weighted by Gasteiger charge is -2.10. The number of anilines is 1. The number of benzene rings is 2. The maximum atomic E-state index is 12.5. The zero-order valence-corrected chi connectivity index (χ0v) is 20.7. The van der Waals surface area contributed by atoms with Crippen LogP contribution in [0, 0.1) is 0 Å². The molecule has 2 aromatic carbocycles. The lowest BCUT2D eigenvalue weighted by atomic mass is 10.2. The molecule has 2 amide bonds. The molecule has 3 rings (SSSR count). The van der Waals surface area contributed by atoms with Crippen LogP contribution >= 0.6 is 27.7 Å². The third-order valence-corrected chi connectivity index (χ3v) is 6.19. The Labute approximate surface area is 209 Å². The average Bonchev–Trinajstić information content (AvgIpc) is 3.22. The molecule has 34 heavy (non-hydrogen) atoms. The topological polar surface area (TPSA) is 115 Å². The SMILES string of the molecule is C=CCn1c(CNC(=O)c2ccccc2Br)nnc1SCC(=O)Nc1cccc(C(=O)OC)c1. The molecule has 0 unspecified atom stereocenters. The molecule has 0 atom stereocenters. The molecule has 0 aliphatic carbocycles. The number of amides is 2. The van der Waals surface area contributed by atoms with Crippen LogP contribution in [0.5, 0.6) is 0 Å². The number of ether oxygens (including phenoxy) is 1. The number of carbonyl (C=O) groups is 3. The summed E-state index contributed by atoms with van der Waals surface area (Å²) in [5.74, 6) is -0.398. The first-order chi connectivity index (χ1) is 16.4. The number of halogens is 1. The number of aromatic nitrogens is 3. The smallest absolute Gasteiger partial charge is 0.337 e. The van der Waals surface area contributed by atoms with Gasteiger partial charge in [-0.05, 0) is 46.3 Å². The molecule has 0 spiro atoms. The summed E-state index contributed by atoms with van der Waals surface area (Å²) < 4.78 is 7.17. The van der Waals surface area contributed by atoms with Crippen LogP contribution in [-0.4, -0.2) is 45.4 Å². The lowest BCUT2D eigenvalue weighted by Crippen LogP contribution is -2.25. The molecule has 2 N–H and O–H groups in total. The van der Waals surface area contributed by atoms with Crippen molar-refractivity contribution in [2.75, 3.05) is 18.2 Å². The third kappa shape index (κ3) is 6.55. The van der Waals surface area contributed by atoms with E-state index < -0.39 is 5.97 Å². The van der Waals surface area contributed by atoms with Gasteiger partial charge in [0.15, 0.2) is 11.0 Å². The van der Waals surface area contributed by atoms with E-state index in [-0.39, 0.29) is 24.1 Å². The van der Waals surface area contributed by atoms with E-state index in [4.69, 9.17) is 4.74 Å². The van der Waals surface area contributed by atoms with Crippen molar-refractivity contribution in [2.24, 2.45) is 0 Å². The van der Waals surface area contributed by atoms with Gasteiger partial charge in [-0.25, -0.2) is 4.79 Å². The highest BCUT2D eigenvalue weighted by Crippen LogP contribution is 2.19. The van der Waals surface area contributed by atoms with Gasteiger partial charge in [0.05, 0.1) is 30.5 Å². The molecule has 11 heteroatoms. The number of rotatable bonds is 10. The van der Waals surface area contributed by atoms with Gasteiger partial charge in [-0.3, -0.25) is 9.59 Å². The second kappa shape index (κ2) is 12.1. The first-order valence-electron chi connectivity index (χ1n) is 10.1. The quantitative estimate of drug-likeness (QED) is 0.227. The molecule has 176 valence electrons. The molecule has 0 radical (unpaired) electrons. The fourth-order valence-corrected chi connectivity index (χ4v) is 4.17. The van der Waals surface area contributed by atoms with Crippen LogP contribution in [0.15, 0.2) is 70.8 Å². The molecule has 0 fully saturated rings. The Bertz CT molecular complexity index is 1210. The van der Waals surface area contributed by atoms with E-state index >= 15 is 0 Å². The van der Waals surface area contributed by atoms with Crippen LogP contribution < -0.4 is 10.6 Å². The van der Waals surface area contributed by atoms with E-state index in [1.165, 1.54) is 18.9 Å². The summed E-state index contributed by atoms with van der Waals surface area (Å²) in [6.07, 6.45) is 1.69. The van der Waals surface area contributed by atoms with E-state index in [1.54, 1.807) is 53.1 Å². The minimum atomic E-state index is -0.484. The van der Waals surface area contributed by atoms with Crippen molar-refractivity contribution in [3.63, 3.8) is 0 Å². The largest absolute Gasteiger partial charge is 0.465 e. The summed E-state index contributed by atoms with van der Waals surface area (Å²) in [5, 5.41) is 14.4. The van der Waals surface area contributed by atoms with Crippen molar-refractivity contribution < 1.29 is 19.1 Å². The Morgan fingerprint density at radius 2 is 1.97 bits per heavy atom. The Morgan fingerprint density at radius 1 is 1.18 bits per heavy atom. The first kappa shape index (κ1) is 25.2. The van der Waals surface area contributed by atoms with Crippen molar-refractivity contribution >= 4 is 51.2 Å². The number of thioether (sulfide) groups is 1. The number of hydrogen-bond acceptors (Lipinski definition) is 7. The summed E-state index contributed by atoms with van der Waals surface area (Å²) in [7, 11) is 1.30. The fraction of sp³-hybridized carbons (Fsp3) is 0.174. The molecule has 3 aromatic rings. The predicted octanol–water partition coefficient (Wildman–Crippen LogP) is 3.67. The van der Waals surface area contributed by atoms with E-state index in [0.29, 0.717) is 38.8 Å². The Hall–Kier alpha value is -3.44. The Balaban J connectivity index is 1.61. The Morgan fingerprint density at radius 3 is 2.71 bits per heavy atom. The molecule has 0 saturated carbocycles. The maximum Gasteiger partial charge on any atom is 0.337 e. The van der Waals surface area contributed by atoms with Crippen molar-refractivity contribution in [1.29, 1.82) is 0 Å². The van der Waals surface area contributed by atoms with Gasteiger partial charge in [0.1, 0.15) is 0 Å². The highest BCUT2D eigenvalue weighted by atomic mass is 79.9. The van der Waals surface area contributed by atoms with Gasteiger partial charge in [-0.1, -0.05) is 36.0 Å². The van der Waals surface area contributed by atoms with E-state index in [2.05, 4.69) is 43.3 Å². The van der Waals surface area contributed by atoms with Crippen molar-refractivity contribution in [2.45, 2.75) is 18.2 Å². The van der Waals surface area contributed by atoms with Gasteiger partial charge in [-0.15, -0.1) is 16.8 Å². The van der Waals surface area contributed by atoms with Crippen molar-refractivity contribution in [3.05, 3.63) is 82.6 Å². The van der Waals surface area contributed by atoms with Gasteiger partial charge < -0.3 is 19.9 Å². The summed E-state index contributed by atoms with van der Waals surface area (Å²) in [5.41, 5.74) is 1.34. The summed E-state index contributed by atoms with van der Waals surface area (Å²) >= 11 is 4.57. The zero-order valence-electron chi connectivity index (χ0n) is 18.3. The van der Waals surface area contributed by atoms with Crippen LogP contribution in [0.1, 0.15) is 26.5 Å². The molecule has 0 bridgehead atoms. The highest BCUT2D eigenvalue weighted by Gasteiger charge is 2.16. The molecule has 1 aromatic heterocycles. The van der Waals surface area contributed by atoms with E-state index in [0.717, 1.165) is 0 Å². The zero-order chi connectivity index (χ0) is 24.5. The number of esters is 1. The fourth-order valence-electron chi connectivity index (χ4n) is 2.94. The maximum absolute atomic E-state index is 12.5. The molecule has 0 saturated heterocycles. The number of methoxy groups -OCH3 is 1. The second-order valence-electron chi connectivity index (χ2n) is 6.87. The normalized spacial score (nSPS) is 10.4. The number of nitrogens with one attached hydrogen (secondary N) is 2. The molecule has 0 aliphatic rings. The van der Waals surface area contributed by atoms with Crippen molar-refractivity contribution in [3.8, 4) is 0 Å². The van der Waals surface area contributed by atoms with Crippen LogP contribution in [0.2, 0.25) is 0 Å². The Kier molecular flexibility index (Phi) is 9.00. The molecular formula is C23H22BrN5O4S.